The van der Waals surface area contributed by atoms with E-state index in [2.05, 4.69) is 48.3 Å². The van der Waals surface area contributed by atoms with E-state index in [9.17, 15) is 4.39 Å². The zero-order valence-electron chi connectivity index (χ0n) is 14.1. The third-order valence-corrected chi connectivity index (χ3v) is 3.19. The van der Waals surface area contributed by atoms with Gasteiger partial charge >= 0.3 is 0 Å². The van der Waals surface area contributed by atoms with E-state index >= 15 is 0 Å². The maximum atomic E-state index is 13.5. The van der Waals surface area contributed by atoms with Gasteiger partial charge in [0.15, 0.2) is 5.96 Å². The number of guanidine groups is 1. The minimum Gasteiger partial charge on any atom is -0.354 e. The van der Waals surface area contributed by atoms with Crippen molar-refractivity contribution in [3.8, 4) is 0 Å². The van der Waals surface area contributed by atoms with E-state index in [4.69, 9.17) is 0 Å². The zero-order valence-corrected chi connectivity index (χ0v) is 16.4. The SMILES string of the molecule is CN=C(NCc1ncccc1F)NC(C)CCC(C)(C)C.I. The Morgan fingerprint density at radius 1 is 1.41 bits per heavy atom. The van der Waals surface area contributed by atoms with Gasteiger partial charge in [0.05, 0.1) is 12.2 Å². The first-order valence-corrected chi connectivity index (χ1v) is 7.38. The molecule has 0 radical (unpaired) electrons. The normalized spacial score (nSPS) is 13.3. The highest BCUT2D eigenvalue weighted by molar-refractivity contribution is 14.0. The zero-order chi connectivity index (χ0) is 15.9. The smallest absolute Gasteiger partial charge is 0.191 e. The second-order valence-corrected chi connectivity index (χ2v) is 6.50. The fourth-order valence-electron chi connectivity index (χ4n) is 1.87. The summed E-state index contributed by atoms with van der Waals surface area (Å²) in [6, 6.07) is 3.30. The Bertz CT molecular complexity index is 471. The number of hydrogen-bond acceptors (Lipinski definition) is 2. The van der Waals surface area contributed by atoms with Gasteiger partial charge in [0.1, 0.15) is 5.82 Å². The molecule has 0 fully saturated rings. The molecule has 0 aromatic carbocycles. The molecule has 4 nitrogen and oxygen atoms in total. The van der Waals surface area contributed by atoms with Crippen LogP contribution in [0.2, 0.25) is 0 Å². The maximum absolute atomic E-state index is 13.5. The highest BCUT2D eigenvalue weighted by Crippen LogP contribution is 2.21. The molecule has 1 unspecified atom stereocenters. The van der Waals surface area contributed by atoms with Gasteiger partial charge in [0.2, 0.25) is 0 Å². The first kappa shape index (κ1) is 21.1. The first-order valence-electron chi connectivity index (χ1n) is 7.38. The average molecular weight is 422 g/mol. The van der Waals surface area contributed by atoms with E-state index < -0.39 is 0 Å². The van der Waals surface area contributed by atoms with Crippen molar-refractivity contribution in [3.63, 3.8) is 0 Å². The van der Waals surface area contributed by atoms with E-state index in [1.807, 2.05) is 0 Å². The molecule has 1 heterocycles. The highest BCUT2D eigenvalue weighted by Gasteiger charge is 2.13. The summed E-state index contributed by atoms with van der Waals surface area (Å²) < 4.78 is 13.5. The van der Waals surface area contributed by atoms with Gasteiger partial charge in [-0.15, -0.1) is 24.0 Å². The van der Waals surface area contributed by atoms with Crippen molar-refractivity contribution in [3.05, 3.63) is 29.8 Å². The lowest BCUT2D eigenvalue weighted by molar-refractivity contribution is 0.346. The fraction of sp³-hybridized carbons (Fsp3) is 0.625. The maximum Gasteiger partial charge on any atom is 0.191 e. The summed E-state index contributed by atoms with van der Waals surface area (Å²) in [5, 5.41) is 6.41. The third kappa shape index (κ3) is 8.51. The first-order chi connectivity index (χ1) is 9.81. The molecule has 126 valence electrons. The number of nitrogens with one attached hydrogen (secondary N) is 2. The Kier molecular flexibility index (Phi) is 9.55. The summed E-state index contributed by atoms with van der Waals surface area (Å²) in [5.41, 5.74) is 0.715. The molecule has 6 heteroatoms. The van der Waals surface area contributed by atoms with Crippen molar-refractivity contribution in [2.45, 2.75) is 53.1 Å². The summed E-state index contributed by atoms with van der Waals surface area (Å²) in [7, 11) is 1.71. The van der Waals surface area contributed by atoms with Crippen molar-refractivity contribution < 1.29 is 4.39 Å². The largest absolute Gasteiger partial charge is 0.354 e. The molecule has 0 aliphatic rings. The topological polar surface area (TPSA) is 49.3 Å². The van der Waals surface area contributed by atoms with Crippen molar-refractivity contribution in [1.29, 1.82) is 0 Å². The van der Waals surface area contributed by atoms with E-state index in [0.29, 0.717) is 29.7 Å². The molecular weight excluding hydrogens is 394 g/mol. The summed E-state index contributed by atoms with van der Waals surface area (Å²) in [5.74, 6) is 0.364. The predicted molar refractivity (Wildman–Crippen MR) is 101 cm³/mol. The molecule has 0 aliphatic heterocycles. The third-order valence-electron chi connectivity index (χ3n) is 3.19. The Morgan fingerprint density at radius 2 is 2.09 bits per heavy atom. The van der Waals surface area contributed by atoms with Crippen LogP contribution >= 0.6 is 24.0 Å². The lowest BCUT2D eigenvalue weighted by Crippen LogP contribution is -2.42. The van der Waals surface area contributed by atoms with Crippen molar-refractivity contribution in [1.82, 2.24) is 15.6 Å². The second kappa shape index (κ2) is 9.97. The van der Waals surface area contributed by atoms with Crippen LogP contribution in [0, 0.1) is 11.2 Å². The molecular formula is C16H28FIN4. The lowest BCUT2D eigenvalue weighted by atomic mass is 9.89. The Balaban J connectivity index is 0.00000441. The highest BCUT2D eigenvalue weighted by atomic mass is 127. The monoisotopic (exact) mass is 422 g/mol. The van der Waals surface area contributed by atoms with Gasteiger partial charge < -0.3 is 10.6 Å². The van der Waals surface area contributed by atoms with Crippen LogP contribution in [0.25, 0.3) is 0 Å². The fourth-order valence-corrected chi connectivity index (χ4v) is 1.87. The van der Waals surface area contributed by atoms with Crippen LogP contribution in [0.4, 0.5) is 4.39 Å². The predicted octanol–water partition coefficient (Wildman–Crippen LogP) is 3.72. The number of pyridine rings is 1. The molecule has 1 aromatic rings. The lowest BCUT2D eigenvalue weighted by Gasteiger charge is -2.23. The van der Waals surface area contributed by atoms with E-state index in [1.165, 1.54) is 6.07 Å². The molecule has 22 heavy (non-hydrogen) atoms. The van der Waals surface area contributed by atoms with Crippen molar-refractivity contribution in [2.24, 2.45) is 10.4 Å². The molecule has 0 aliphatic carbocycles. The van der Waals surface area contributed by atoms with Crippen molar-refractivity contribution >= 4 is 29.9 Å². The van der Waals surface area contributed by atoms with Gasteiger partial charge in [-0.2, -0.15) is 0 Å². The van der Waals surface area contributed by atoms with Crippen LogP contribution in [-0.4, -0.2) is 24.0 Å². The summed E-state index contributed by atoms with van der Waals surface area (Å²) in [6.45, 7) is 9.14. The minimum absolute atomic E-state index is 0. The number of hydrogen-bond donors (Lipinski definition) is 2. The number of aromatic nitrogens is 1. The average Bonchev–Trinajstić information content (AvgIpc) is 2.42. The molecule has 0 amide bonds. The van der Waals surface area contributed by atoms with Gasteiger partial charge in [-0.25, -0.2) is 4.39 Å². The van der Waals surface area contributed by atoms with Crippen LogP contribution in [0.5, 0.6) is 0 Å². The molecule has 0 bridgehead atoms. The Labute approximate surface area is 150 Å². The number of aliphatic imine (C=N–C) groups is 1. The Morgan fingerprint density at radius 3 is 2.64 bits per heavy atom. The molecule has 0 spiro atoms. The quantitative estimate of drug-likeness (QED) is 0.432. The van der Waals surface area contributed by atoms with E-state index in [-0.39, 0.29) is 29.8 Å². The van der Waals surface area contributed by atoms with E-state index in [1.54, 1.807) is 19.3 Å². The molecule has 0 saturated carbocycles. The summed E-state index contributed by atoms with van der Waals surface area (Å²) >= 11 is 0. The van der Waals surface area contributed by atoms with Gasteiger partial charge in [0.25, 0.3) is 0 Å². The van der Waals surface area contributed by atoms with Crippen LogP contribution in [0.1, 0.15) is 46.2 Å². The molecule has 1 aromatic heterocycles. The van der Waals surface area contributed by atoms with Crippen LogP contribution in [-0.2, 0) is 6.54 Å². The molecule has 1 atom stereocenters. The standard InChI is InChI=1S/C16H27FN4.HI/c1-12(8-9-16(2,3)4)21-15(18-5)20-11-14-13(17)7-6-10-19-14;/h6-7,10,12H,8-9,11H2,1-5H3,(H2,18,20,21);1H. The van der Waals surface area contributed by atoms with E-state index in [0.717, 1.165) is 12.8 Å². The summed E-state index contributed by atoms with van der Waals surface area (Å²) in [4.78, 5) is 8.17. The molecule has 2 N–H and O–H groups in total. The summed E-state index contributed by atoms with van der Waals surface area (Å²) in [6.07, 6.45) is 3.78. The van der Waals surface area contributed by atoms with Crippen LogP contribution in [0.15, 0.2) is 23.3 Å². The molecule has 1 rings (SSSR count). The van der Waals surface area contributed by atoms with Crippen LogP contribution < -0.4 is 10.6 Å². The van der Waals surface area contributed by atoms with Crippen LogP contribution in [0.3, 0.4) is 0 Å². The van der Waals surface area contributed by atoms with Crippen molar-refractivity contribution in [2.75, 3.05) is 7.05 Å². The second-order valence-electron chi connectivity index (χ2n) is 6.50. The number of rotatable bonds is 5. The van der Waals surface area contributed by atoms with Gasteiger partial charge in [-0.05, 0) is 37.3 Å². The number of nitrogens with zero attached hydrogens (tertiary/aromatic N) is 2. The minimum atomic E-state index is -0.304. The molecule has 0 saturated heterocycles. The van der Waals surface area contributed by atoms with Gasteiger partial charge in [0, 0.05) is 19.3 Å². The Hall–Kier alpha value is -0.920. The van der Waals surface area contributed by atoms with Gasteiger partial charge in [-0.1, -0.05) is 20.8 Å². The number of halogens is 2. The van der Waals surface area contributed by atoms with Gasteiger partial charge in [-0.3, -0.25) is 9.98 Å².